The summed E-state index contributed by atoms with van der Waals surface area (Å²) in [7, 11) is 0. The molecule has 2 aromatic rings. The number of fused-ring (bicyclic) bond motifs is 5. The summed E-state index contributed by atoms with van der Waals surface area (Å²) in [6.07, 6.45) is 11.3. The lowest BCUT2D eigenvalue weighted by Crippen LogP contribution is -2.50. The van der Waals surface area contributed by atoms with E-state index in [9.17, 15) is 9.59 Å². The minimum absolute atomic E-state index is 0.0398. The molecule has 0 saturated carbocycles. The van der Waals surface area contributed by atoms with Gasteiger partial charge in [-0.15, -0.1) is 0 Å². The molecule has 2 aromatic carbocycles. The summed E-state index contributed by atoms with van der Waals surface area (Å²) >= 11 is 0. The first-order valence-electron chi connectivity index (χ1n) is 10.4. The number of piperazine rings is 1. The van der Waals surface area contributed by atoms with Gasteiger partial charge in [0.2, 0.25) is 5.91 Å². The average molecular weight is 400 g/mol. The summed E-state index contributed by atoms with van der Waals surface area (Å²) in [6.45, 7) is 3.04. The highest BCUT2D eigenvalue weighted by Gasteiger charge is 2.16. The Hall–Kier alpha value is -3.38. The van der Waals surface area contributed by atoms with Crippen molar-refractivity contribution in [2.24, 2.45) is 0 Å². The quantitative estimate of drug-likeness (QED) is 0.704. The third-order valence-electron chi connectivity index (χ3n) is 5.89. The zero-order valence-electron chi connectivity index (χ0n) is 16.7. The number of benzene rings is 2. The molecule has 152 valence electrons. The van der Waals surface area contributed by atoms with E-state index in [1.54, 1.807) is 0 Å². The SMILES string of the molecule is O=C1CN(CCNC(=O)NC2=CCc3c(ccc4c5c(ccc34)=CC=C5)=C2)CCN1. The average Bonchev–Trinajstić information content (AvgIpc) is 3.22. The summed E-state index contributed by atoms with van der Waals surface area (Å²) in [5.74, 6) is 0.0398. The van der Waals surface area contributed by atoms with Crippen LogP contribution in [0.5, 0.6) is 0 Å². The van der Waals surface area contributed by atoms with Gasteiger partial charge in [0.15, 0.2) is 0 Å². The Bertz CT molecular complexity index is 1230. The van der Waals surface area contributed by atoms with Crippen LogP contribution in [0.25, 0.3) is 29.0 Å². The molecule has 2 aliphatic carbocycles. The molecule has 6 heteroatoms. The molecular weight excluding hydrogens is 376 g/mol. The Balaban J connectivity index is 1.24. The molecule has 3 amide bonds. The molecule has 0 aromatic heterocycles. The first kappa shape index (κ1) is 18.6. The molecule has 0 spiro atoms. The van der Waals surface area contributed by atoms with E-state index in [4.69, 9.17) is 0 Å². The number of carbonyl (C=O) groups is 2. The summed E-state index contributed by atoms with van der Waals surface area (Å²) in [5.41, 5.74) is 3.39. The van der Waals surface area contributed by atoms with Crippen LogP contribution in [0.4, 0.5) is 4.79 Å². The highest BCUT2D eigenvalue weighted by atomic mass is 16.2. The van der Waals surface area contributed by atoms with E-state index in [1.165, 1.54) is 27.1 Å². The Morgan fingerprint density at radius 3 is 2.90 bits per heavy atom. The van der Waals surface area contributed by atoms with E-state index in [0.717, 1.165) is 23.9 Å². The van der Waals surface area contributed by atoms with Crippen LogP contribution in [0, 0.1) is 0 Å². The van der Waals surface area contributed by atoms with Gasteiger partial charge >= 0.3 is 6.03 Å². The summed E-state index contributed by atoms with van der Waals surface area (Å²) < 4.78 is 0. The predicted octanol–water partition coefficient (Wildman–Crippen LogP) is 0.599. The van der Waals surface area contributed by atoms with E-state index >= 15 is 0 Å². The van der Waals surface area contributed by atoms with E-state index in [0.29, 0.717) is 26.2 Å². The maximum atomic E-state index is 12.3. The lowest BCUT2D eigenvalue weighted by molar-refractivity contribution is -0.124. The van der Waals surface area contributed by atoms with E-state index < -0.39 is 0 Å². The Morgan fingerprint density at radius 2 is 2.00 bits per heavy atom. The van der Waals surface area contributed by atoms with Gasteiger partial charge in [0.25, 0.3) is 0 Å². The molecule has 3 N–H and O–H groups in total. The molecule has 1 fully saturated rings. The summed E-state index contributed by atoms with van der Waals surface area (Å²) in [6, 6.07) is 8.46. The van der Waals surface area contributed by atoms with Crippen molar-refractivity contribution in [1.82, 2.24) is 20.9 Å². The maximum absolute atomic E-state index is 12.3. The number of amides is 3. The highest BCUT2D eigenvalue weighted by molar-refractivity contribution is 5.96. The second-order valence-electron chi connectivity index (χ2n) is 7.84. The van der Waals surface area contributed by atoms with Crippen molar-refractivity contribution >= 4 is 40.9 Å². The predicted molar refractivity (Wildman–Crippen MR) is 119 cm³/mol. The van der Waals surface area contributed by atoms with Gasteiger partial charge in [-0.05, 0) is 44.8 Å². The molecule has 6 nitrogen and oxygen atoms in total. The number of nitrogens with one attached hydrogen (secondary N) is 3. The molecule has 5 rings (SSSR count). The normalized spacial score (nSPS) is 17.3. The molecule has 0 bridgehead atoms. The van der Waals surface area contributed by atoms with E-state index in [-0.39, 0.29) is 11.9 Å². The van der Waals surface area contributed by atoms with Crippen molar-refractivity contribution < 1.29 is 9.59 Å². The lowest BCUT2D eigenvalue weighted by atomic mass is 9.93. The van der Waals surface area contributed by atoms with Crippen molar-refractivity contribution in [3.8, 4) is 0 Å². The highest BCUT2D eigenvalue weighted by Crippen LogP contribution is 2.22. The molecule has 0 unspecified atom stereocenters. The van der Waals surface area contributed by atoms with Crippen LogP contribution in [-0.4, -0.2) is 49.6 Å². The number of hydrogen-bond acceptors (Lipinski definition) is 3. The molecular formula is C24H24N4O2. The van der Waals surface area contributed by atoms with Gasteiger partial charge in [0.1, 0.15) is 0 Å². The van der Waals surface area contributed by atoms with Crippen molar-refractivity contribution in [3.63, 3.8) is 0 Å². The van der Waals surface area contributed by atoms with Gasteiger partial charge in [0.05, 0.1) is 6.54 Å². The van der Waals surface area contributed by atoms with Crippen LogP contribution >= 0.6 is 0 Å². The monoisotopic (exact) mass is 400 g/mol. The van der Waals surface area contributed by atoms with Crippen LogP contribution in [0.15, 0.2) is 42.1 Å². The van der Waals surface area contributed by atoms with Crippen molar-refractivity contribution in [1.29, 1.82) is 0 Å². The third-order valence-corrected chi connectivity index (χ3v) is 5.89. The zero-order valence-corrected chi connectivity index (χ0v) is 16.7. The number of carbonyl (C=O) groups excluding carboxylic acids is 2. The van der Waals surface area contributed by atoms with Gasteiger partial charge in [0, 0.05) is 31.9 Å². The van der Waals surface area contributed by atoms with Crippen LogP contribution in [0.3, 0.4) is 0 Å². The number of rotatable bonds is 4. The maximum Gasteiger partial charge on any atom is 0.319 e. The second kappa shape index (κ2) is 7.80. The fourth-order valence-corrected chi connectivity index (χ4v) is 4.38. The number of allylic oxidation sites excluding steroid dienone is 3. The first-order valence-corrected chi connectivity index (χ1v) is 10.4. The van der Waals surface area contributed by atoms with Crippen LogP contribution < -0.4 is 26.4 Å². The number of nitrogens with zero attached hydrogens (tertiary/aromatic N) is 1. The lowest BCUT2D eigenvalue weighted by Gasteiger charge is -2.26. The van der Waals surface area contributed by atoms with Gasteiger partial charge in [-0.1, -0.05) is 48.6 Å². The van der Waals surface area contributed by atoms with Gasteiger partial charge in [-0.3, -0.25) is 9.69 Å². The van der Waals surface area contributed by atoms with Gasteiger partial charge in [-0.25, -0.2) is 4.79 Å². The molecule has 30 heavy (non-hydrogen) atoms. The summed E-state index contributed by atoms with van der Waals surface area (Å²) in [4.78, 5) is 25.7. The van der Waals surface area contributed by atoms with E-state index in [2.05, 4.69) is 64.5 Å². The van der Waals surface area contributed by atoms with Crippen LogP contribution in [0.1, 0.15) is 11.1 Å². The van der Waals surface area contributed by atoms with Gasteiger partial charge < -0.3 is 16.0 Å². The largest absolute Gasteiger partial charge is 0.354 e. The zero-order chi connectivity index (χ0) is 20.5. The van der Waals surface area contributed by atoms with E-state index in [1.807, 2.05) is 11.0 Å². The molecule has 0 atom stereocenters. The smallest absolute Gasteiger partial charge is 0.319 e. The molecule has 0 radical (unpaired) electrons. The van der Waals surface area contributed by atoms with Crippen molar-refractivity contribution in [3.05, 3.63) is 63.7 Å². The standard InChI is InChI=1S/C24H24N4O2/c29-23-15-28(12-10-25-23)13-11-26-24(30)27-18-6-9-20-17(14-18)5-8-21-19-3-1-2-16(19)4-7-22(20)21/h1-8,14H,9-13,15H2,(H,25,29)(H2,26,27,30). The van der Waals surface area contributed by atoms with Crippen molar-refractivity contribution in [2.45, 2.75) is 6.42 Å². The Labute approximate surface area is 174 Å². The fourth-order valence-electron chi connectivity index (χ4n) is 4.38. The minimum atomic E-state index is -0.221. The third kappa shape index (κ3) is 3.62. The van der Waals surface area contributed by atoms with Crippen molar-refractivity contribution in [2.75, 3.05) is 32.7 Å². The topological polar surface area (TPSA) is 73.5 Å². The minimum Gasteiger partial charge on any atom is -0.354 e. The second-order valence-corrected chi connectivity index (χ2v) is 7.84. The van der Waals surface area contributed by atoms with Crippen LogP contribution in [-0.2, 0) is 11.2 Å². The molecule has 1 heterocycles. The first-order chi connectivity index (χ1) is 14.7. The summed E-state index contributed by atoms with van der Waals surface area (Å²) in [5, 5.41) is 13.6. The Morgan fingerprint density at radius 1 is 1.13 bits per heavy atom. The molecule has 1 aliphatic heterocycles. The fraction of sp³-hybridized carbons (Fsp3) is 0.250. The number of urea groups is 1. The molecule has 3 aliphatic rings. The van der Waals surface area contributed by atoms with Gasteiger partial charge in [-0.2, -0.15) is 0 Å². The molecule has 1 saturated heterocycles. The Kier molecular flexibility index (Phi) is 4.85. The van der Waals surface area contributed by atoms with Crippen LogP contribution in [0.2, 0.25) is 0 Å². The number of hydrogen-bond donors (Lipinski definition) is 3.